The van der Waals surface area contributed by atoms with Gasteiger partial charge in [-0.05, 0) is 36.8 Å². The van der Waals surface area contributed by atoms with Crippen LogP contribution in [0.5, 0.6) is 5.75 Å². The van der Waals surface area contributed by atoms with E-state index in [4.69, 9.17) is 4.74 Å². The minimum Gasteiger partial charge on any atom is -0.489 e. The summed E-state index contributed by atoms with van der Waals surface area (Å²) in [6.45, 7) is 7.84. The molecule has 2 aromatic rings. The Morgan fingerprint density at radius 3 is 2.63 bits per heavy atom. The van der Waals surface area contributed by atoms with Crippen LogP contribution in [0.4, 0.5) is 17.1 Å². The Bertz CT molecular complexity index is 818. The number of rotatable bonds is 9. The van der Waals surface area contributed by atoms with Crippen molar-refractivity contribution in [2.75, 3.05) is 29.1 Å². The lowest BCUT2D eigenvalue weighted by molar-refractivity contribution is -0.116. The third kappa shape index (κ3) is 6.51. The van der Waals surface area contributed by atoms with Crippen LogP contribution in [0.1, 0.15) is 18.9 Å². The molecule has 0 radical (unpaired) electrons. The van der Waals surface area contributed by atoms with Crippen LogP contribution in [0.15, 0.2) is 55.1 Å². The molecule has 0 saturated heterocycles. The fourth-order valence-electron chi connectivity index (χ4n) is 2.31. The molecule has 0 aliphatic heterocycles. The van der Waals surface area contributed by atoms with E-state index in [2.05, 4.69) is 22.5 Å². The molecule has 0 bridgehead atoms. The summed E-state index contributed by atoms with van der Waals surface area (Å²) >= 11 is 0. The molecule has 142 valence electrons. The van der Waals surface area contributed by atoms with E-state index in [0.29, 0.717) is 30.2 Å². The quantitative estimate of drug-likeness (QED) is 0.586. The van der Waals surface area contributed by atoms with Crippen LogP contribution < -0.4 is 20.7 Å². The molecule has 2 aromatic carbocycles. The number of benzene rings is 2. The van der Waals surface area contributed by atoms with Gasteiger partial charge in [-0.2, -0.15) is 0 Å². The molecular weight excluding hydrogens is 342 g/mol. The molecule has 2 amide bonds. The summed E-state index contributed by atoms with van der Waals surface area (Å²) in [4.78, 5) is 23.8. The number of hydrogen-bond acceptors (Lipinski definition) is 4. The van der Waals surface area contributed by atoms with Crippen LogP contribution in [0.3, 0.4) is 0 Å². The normalized spacial score (nSPS) is 10.0. The SMILES string of the molecule is C=CCOc1cccc(NCC(=O)Nc2ccc(C)c(NC(=O)CC)c2)c1. The number of aryl methyl sites for hydroxylation is 1. The third-order valence-corrected chi connectivity index (χ3v) is 3.77. The molecule has 0 spiro atoms. The second kappa shape index (κ2) is 10.0. The van der Waals surface area contributed by atoms with E-state index in [1.165, 1.54) is 0 Å². The van der Waals surface area contributed by atoms with Gasteiger partial charge in [0.25, 0.3) is 0 Å². The molecule has 0 aliphatic carbocycles. The molecule has 0 fully saturated rings. The van der Waals surface area contributed by atoms with Crippen LogP contribution in [0.25, 0.3) is 0 Å². The van der Waals surface area contributed by atoms with Gasteiger partial charge in [0.15, 0.2) is 0 Å². The Morgan fingerprint density at radius 1 is 1.07 bits per heavy atom. The molecule has 6 nitrogen and oxygen atoms in total. The molecule has 27 heavy (non-hydrogen) atoms. The number of carbonyl (C=O) groups is 2. The lowest BCUT2D eigenvalue weighted by Gasteiger charge is -2.12. The fourth-order valence-corrected chi connectivity index (χ4v) is 2.31. The average molecular weight is 367 g/mol. The molecule has 0 heterocycles. The van der Waals surface area contributed by atoms with Gasteiger partial charge in [0.05, 0.1) is 6.54 Å². The van der Waals surface area contributed by atoms with Crippen LogP contribution in [0, 0.1) is 6.92 Å². The Hall–Kier alpha value is -3.28. The maximum absolute atomic E-state index is 12.2. The number of nitrogens with one attached hydrogen (secondary N) is 3. The zero-order valence-electron chi connectivity index (χ0n) is 15.7. The third-order valence-electron chi connectivity index (χ3n) is 3.77. The Kier molecular flexibility index (Phi) is 7.43. The first-order valence-corrected chi connectivity index (χ1v) is 8.79. The number of ether oxygens (including phenoxy) is 1. The summed E-state index contributed by atoms with van der Waals surface area (Å²) < 4.78 is 5.47. The molecule has 0 unspecified atom stereocenters. The van der Waals surface area contributed by atoms with Gasteiger partial charge in [0.2, 0.25) is 11.8 Å². The summed E-state index contributed by atoms with van der Waals surface area (Å²) in [5, 5.41) is 8.71. The zero-order valence-corrected chi connectivity index (χ0v) is 15.7. The predicted molar refractivity (Wildman–Crippen MR) is 109 cm³/mol. The lowest BCUT2D eigenvalue weighted by atomic mass is 10.1. The van der Waals surface area contributed by atoms with Crippen molar-refractivity contribution < 1.29 is 14.3 Å². The molecule has 6 heteroatoms. The van der Waals surface area contributed by atoms with Crippen molar-refractivity contribution >= 4 is 28.9 Å². The first-order chi connectivity index (χ1) is 13.0. The number of hydrogen-bond donors (Lipinski definition) is 3. The largest absolute Gasteiger partial charge is 0.489 e. The molecule has 0 aromatic heterocycles. The molecule has 0 saturated carbocycles. The Morgan fingerprint density at radius 2 is 1.89 bits per heavy atom. The Labute approximate surface area is 159 Å². The fraction of sp³-hybridized carbons (Fsp3) is 0.238. The summed E-state index contributed by atoms with van der Waals surface area (Å²) in [5.41, 5.74) is 3.04. The van der Waals surface area contributed by atoms with Crippen LogP contribution in [-0.4, -0.2) is 25.0 Å². The summed E-state index contributed by atoms with van der Waals surface area (Å²) in [5.74, 6) is 0.445. The first-order valence-electron chi connectivity index (χ1n) is 8.79. The van der Waals surface area contributed by atoms with Crippen molar-refractivity contribution in [3.05, 3.63) is 60.7 Å². The van der Waals surface area contributed by atoms with Gasteiger partial charge in [0, 0.05) is 29.5 Å². The number of carbonyl (C=O) groups excluding carboxylic acids is 2. The van der Waals surface area contributed by atoms with Gasteiger partial charge in [-0.1, -0.05) is 31.7 Å². The van der Waals surface area contributed by atoms with Crippen molar-refractivity contribution in [2.45, 2.75) is 20.3 Å². The maximum Gasteiger partial charge on any atom is 0.243 e. The smallest absolute Gasteiger partial charge is 0.243 e. The van der Waals surface area contributed by atoms with Crippen LogP contribution in [-0.2, 0) is 9.59 Å². The minimum absolute atomic E-state index is 0.0678. The van der Waals surface area contributed by atoms with E-state index in [0.717, 1.165) is 11.3 Å². The molecule has 2 rings (SSSR count). The highest BCUT2D eigenvalue weighted by Crippen LogP contribution is 2.21. The maximum atomic E-state index is 12.2. The van der Waals surface area contributed by atoms with E-state index in [9.17, 15) is 9.59 Å². The van der Waals surface area contributed by atoms with Gasteiger partial charge >= 0.3 is 0 Å². The number of amides is 2. The van der Waals surface area contributed by atoms with Crippen LogP contribution in [0.2, 0.25) is 0 Å². The topological polar surface area (TPSA) is 79.5 Å². The summed E-state index contributed by atoms with van der Waals surface area (Å²) in [7, 11) is 0. The van der Waals surface area contributed by atoms with E-state index >= 15 is 0 Å². The van der Waals surface area contributed by atoms with Crippen LogP contribution >= 0.6 is 0 Å². The van der Waals surface area contributed by atoms with E-state index < -0.39 is 0 Å². The van der Waals surface area contributed by atoms with E-state index in [1.807, 2.05) is 37.3 Å². The predicted octanol–water partition coefficient (Wildman–Crippen LogP) is 3.96. The second-order valence-corrected chi connectivity index (χ2v) is 5.96. The standard InChI is InChI=1S/C21H25N3O3/c1-4-11-27-18-8-6-7-16(12-18)22-14-21(26)23-17-10-9-15(3)19(13-17)24-20(25)5-2/h4,6-10,12-13,22H,1,5,11,14H2,2-3H3,(H,23,26)(H,24,25). The molecule has 0 aliphatic rings. The minimum atomic E-state index is -0.191. The highest BCUT2D eigenvalue weighted by molar-refractivity contribution is 5.96. The second-order valence-electron chi connectivity index (χ2n) is 5.96. The zero-order chi connectivity index (χ0) is 19.6. The van der Waals surface area contributed by atoms with Gasteiger partial charge < -0.3 is 20.7 Å². The lowest BCUT2D eigenvalue weighted by Crippen LogP contribution is -2.22. The number of anilines is 3. The van der Waals surface area contributed by atoms with E-state index in [-0.39, 0.29) is 18.4 Å². The van der Waals surface area contributed by atoms with Crippen molar-refractivity contribution in [3.63, 3.8) is 0 Å². The van der Waals surface area contributed by atoms with Gasteiger partial charge in [-0.25, -0.2) is 0 Å². The van der Waals surface area contributed by atoms with E-state index in [1.54, 1.807) is 25.1 Å². The van der Waals surface area contributed by atoms with Gasteiger partial charge in [-0.3, -0.25) is 9.59 Å². The van der Waals surface area contributed by atoms with Crippen molar-refractivity contribution in [3.8, 4) is 5.75 Å². The highest BCUT2D eigenvalue weighted by Gasteiger charge is 2.07. The van der Waals surface area contributed by atoms with Crippen molar-refractivity contribution in [1.82, 2.24) is 0 Å². The monoisotopic (exact) mass is 367 g/mol. The van der Waals surface area contributed by atoms with Gasteiger partial charge in [-0.15, -0.1) is 0 Å². The summed E-state index contributed by atoms with van der Waals surface area (Å²) in [6.07, 6.45) is 2.07. The van der Waals surface area contributed by atoms with Crippen molar-refractivity contribution in [2.24, 2.45) is 0 Å². The summed E-state index contributed by atoms with van der Waals surface area (Å²) in [6, 6.07) is 12.8. The van der Waals surface area contributed by atoms with Crippen molar-refractivity contribution in [1.29, 1.82) is 0 Å². The highest BCUT2D eigenvalue weighted by atomic mass is 16.5. The molecule has 0 atom stereocenters. The molecular formula is C21H25N3O3. The first kappa shape index (κ1) is 20.0. The van der Waals surface area contributed by atoms with Gasteiger partial charge in [0.1, 0.15) is 12.4 Å². The average Bonchev–Trinajstić information content (AvgIpc) is 2.67. The Balaban J connectivity index is 1.93. The molecule has 3 N–H and O–H groups in total.